The first-order valence-corrected chi connectivity index (χ1v) is 5.08. The van der Waals surface area contributed by atoms with E-state index in [0.717, 1.165) is 30.2 Å². The molecule has 74 valence electrons. The normalized spacial score (nSPS) is 21.2. The van der Waals surface area contributed by atoms with Gasteiger partial charge in [0.05, 0.1) is 5.69 Å². The van der Waals surface area contributed by atoms with Crippen LogP contribution in [0, 0.1) is 0 Å². The van der Waals surface area contributed by atoms with E-state index in [-0.39, 0.29) is 0 Å². The van der Waals surface area contributed by atoms with Crippen molar-refractivity contribution in [2.24, 2.45) is 0 Å². The molecule has 0 saturated heterocycles. The highest BCUT2D eigenvalue weighted by Crippen LogP contribution is 2.39. The van der Waals surface area contributed by atoms with Gasteiger partial charge in [-0.3, -0.25) is 4.90 Å². The lowest BCUT2D eigenvalue weighted by atomic mass is 10.2. The smallest absolute Gasteiger partial charge is 0.134 e. The first-order valence-electron chi connectivity index (χ1n) is 5.08. The molecule has 0 atom stereocenters. The number of hydrogen-bond donors (Lipinski definition) is 1. The zero-order chi connectivity index (χ0) is 9.71. The summed E-state index contributed by atoms with van der Waals surface area (Å²) in [6, 6.07) is 0. The average Bonchev–Trinajstić information content (AvgIpc) is 2.89. The number of anilines is 1. The molecule has 0 amide bonds. The van der Waals surface area contributed by atoms with Crippen LogP contribution < -0.4 is 5.73 Å². The lowest BCUT2D eigenvalue weighted by Gasteiger charge is -2.04. The third-order valence-corrected chi connectivity index (χ3v) is 2.93. The SMILES string of the molecule is CN1Cc2nc(C3CC3)nc(N)c2C1. The van der Waals surface area contributed by atoms with Gasteiger partial charge in [-0.25, -0.2) is 9.97 Å². The van der Waals surface area contributed by atoms with Gasteiger partial charge < -0.3 is 5.73 Å². The fraction of sp³-hybridized carbons (Fsp3) is 0.600. The molecule has 14 heavy (non-hydrogen) atoms. The number of nitrogens with zero attached hydrogens (tertiary/aromatic N) is 3. The van der Waals surface area contributed by atoms with E-state index >= 15 is 0 Å². The fourth-order valence-electron chi connectivity index (χ4n) is 1.98. The maximum Gasteiger partial charge on any atom is 0.134 e. The highest BCUT2D eigenvalue weighted by Gasteiger charge is 2.29. The second kappa shape index (κ2) is 2.67. The monoisotopic (exact) mass is 190 g/mol. The third-order valence-electron chi connectivity index (χ3n) is 2.93. The fourth-order valence-corrected chi connectivity index (χ4v) is 1.98. The molecule has 0 unspecified atom stereocenters. The topological polar surface area (TPSA) is 55.0 Å². The van der Waals surface area contributed by atoms with Crippen molar-refractivity contribution in [1.29, 1.82) is 0 Å². The Bertz CT molecular complexity index is 384. The summed E-state index contributed by atoms with van der Waals surface area (Å²) in [7, 11) is 2.08. The van der Waals surface area contributed by atoms with Crippen molar-refractivity contribution in [3.05, 3.63) is 17.1 Å². The van der Waals surface area contributed by atoms with E-state index < -0.39 is 0 Å². The van der Waals surface area contributed by atoms with Crippen LogP contribution >= 0.6 is 0 Å². The molecule has 1 aromatic rings. The molecule has 1 aliphatic carbocycles. The van der Waals surface area contributed by atoms with Gasteiger partial charge in [0, 0.05) is 24.6 Å². The molecular weight excluding hydrogens is 176 g/mol. The van der Waals surface area contributed by atoms with Crippen molar-refractivity contribution in [3.63, 3.8) is 0 Å². The van der Waals surface area contributed by atoms with Crippen molar-refractivity contribution in [2.45, 2.75) is 31.8 Å². The Morgan fingerprint density at radius 3 is 2.79 bits per heavy atom. The van der Waals surface area contributed by atoms with E-state index in [4.69, 9.17) is 5.73 Å². The summed E-state index contributed by atoms with van der Waals surface area (Å²) in [5.41, 5.74) is 8.20. The van der Waals surface area contributed by atoms with Gasteiger partial charge in [0.25, 0.3) is 0 Å². The molecule has 1 aliphatic heterocycles. The number of aromatic nitrogens is 2. The summed E-state index contributed by atoms with van der Waals surface area (Å²) < 4.78 is 0. The Balaban J connectivity index is 2.06. The molecule has 1 aromatic heterocycles. The van der Waals surface area contributed by atoms with Gasteiger partial charge in [-0.2, -0.15) is 0 Å². The van der Waals surface area contributed by atoms with Crippen molar-refractivity contribution in [1.82, 2.24) is 14.9 Å². The minimum absolute atomic E-state index is 0.591. The van der Waals surface area contributed by atoms with Crippen LogP contribution in [0.2, 0.25) is 0 Å². The van der Waals surface area contributed by atoms with Crippen molar-refractivity contribution in [3.8, 4) is 0 Å². The molecule has 1 saturated carbocycles. The average molecular weight is 190 g/mol. The predicted molar refractivity (Wildman–Crippen MR) is 53.6 cm³/mol. The van der Waals surface area contributed by atoms with Crippen LogP contribution in [0.3, 0.4) is 0 Å². The molecule has 0 aromatic carbocycles. The summed E-state index contributed by atoms with van der Waals surface area (Å²) in [6.45, 7) is 1.81. The highest BCUT2D eigenvalue weighted by molar-refractivity contribution is 5.44. The van der Waals surface area contributed by atoms with Crippen molar-refractivity contribution >= 4 is 5.82 Å². The van der Waals surface area contributed by atoms with Crippen molar-refractivity contribution < 1.29 is 0 Å². The van der Waals surface area contributed by atoms with Crippen LogP contribution in [-0.4, -0.2) is 21.9 Å². The molecule has 4 nitrogen and oxygen atoms in total. The minimum atomic E-state index is 0.591. The quantitative estimate of drug-likeness (QED) is 0.714. The van der Waals surface area contributed by atoms with E-state index in [9.17, 15) is 0 Å². The van der Waals surface area contributed by atoms with Gasteiger partial charge in [-0.05, 0) is 19.9 Å². The summed E-state index contributed by atoms with van der Waals surface area (Å²) in [6.07, 6.45) is 2.46. The van der Waals surface area contributed by atoms with Crippen LogP contribution in [0.4, 0.5) is 5.82 Å². The van der Waals surface area contributed by atoms with Gasteiger partial charge in [-0.15, -0.1) is 0 Å². The Labute approximate surface area is 83.1 Å². The summed E-state index contributed by atoms with van der Waals surface area (Å²) in [5.74, 6) is 2.26. The zero-order valence-electron chi connectivity index (χ0n) is 8.32. The molecule has 3 rings (SSSR count). The number of rotatable bonds is 1. The molecule has 2 aliphatic rings. The van der Waals surface area contributed by atoms with Gasteiger partial charge in [0.15, 0.2) is 0 Å². The molecule has 2 heterocycles. The van der Waals surface area contributed by atoms with E-state index in [0.29, 0.717) is 11.7 Å². The third kappa shape index (κ3) is 1.18. The van der Waals surface area contributed by atoms with Gasteiger partial charge in [-0.1, -0.05) is 0 Å². The van der Waals surface area contributed by atoms with Crippen molar-refractivity contribution in [2.75, 3.05) is 12.8 Å². The first-order chi connectivity index (χ1) is 6.74. The van der Waals surface area contributed by atoms with Crippen LogP contribution in [0.25, 0.3) is 0 Å². The van der Waals surface area contributed by atoms with Crippen LogP contribution in [0.1, 0.15) is 35.8 Å². The largest absolute Gasteiger partial charge is 0.383 e. The van der Waals surface area contributed by atoms with Crippen LogP contribution in [-0.2, 0) is 13.1 Å². The predicted octanol–water partition coefficient (Wildman–Crippen LogP) is 0.882. The summed E-state index contributed by atoms with van der Waals surface area (Å²) in [5, 5.41) is 0. The van der Waals surface area contributed by atoms with Crippen LogP contribution in [0.15, 0.2) is 0 Å². The standard InChI is InChI=1S/C10H14N4/c1-14-4-7-8(5-14)12-10(6-2-3-6)13-9(7)11/h6H,2-5H2,1H3,(H2,11,12,13). The van der Waals surface area contributed by atoms with Gasteiger partial charge >= 0.3 is 0 Å². The van der Waals surface area contributed by atoms with E-state index in [1.165, 1.54) is 12.8 Å². The molecule has 2 N–H and O–H groups in total. The second-order valence-corrected chi connectivity index (χ2v) is 4.34. The highest BCUT2D eigenvalue weighted by atomic mass is 15.1. The Kier molecular flexibility index (Phi) is 1.56. The lowest BCUT2D eigenvalue weighted by molar-refractivity contribution is 0.351. The molecule has 0 spiro atoms. The Morgan fingerprint density at radius 1 is 1.29 bits per heavy atom. The van der Waals surface area contributed by atoms with Gasteiger partial charge in [0.1, 0.15) is 11.6 Å². The van der Waals surface area contributed by atoms with Crippen LogP contribution in [0.5, 0.6) is 0 Å². The summed E-state index contributed by atoms with van der Waals surface area (Å²) >= 11 is 0. The Morgan fingerprint density at radius 2 is 2.07 bits per heavy atom. The maximum atomic E-state index is 5.92. The molecule has 4 heteroatoms. The maximum absolute atomic E-state index is 5.92. The molecule has 1 fully saturated rings. The van der Waals surface area contributed by atoms with E-state index in [1.54, 1.807) is 0 Å². The summed E-state index contributed by atoms with van der Waals surface area (Å²) in [4.78, 5) is 11.2. The van der Waals surface area contributed by atoms with E-state index in [1.807, 2.05) is 0 Å². The zero-order valence-corrected chi connectivity index (χ0v) is 8.32. The lowest BCUT2D eigenvalue weighted by Crippen LogP contribution is -2.08. The van der Waals surface area contributed by atoms with Gasteiger partial charge in [0.2, 0.25) is 0 Å². The Hall–Kier alpha value is -1.16. The minimum Gasteiger partial charge on any atom is -0.383 e. The first kappa shape index (κ1) is 8.17. The van der Waals surface area contributed by atoms with E-state index in [2.05, 4.69) is 21.9 Å². The number of fused-ring (bicyclic) bond motifs is 1. The number of hydrogen-bond acceptors (Lipinski definition) is 4. The molecule has 0 radical (unpaired) electrons. The second-order valence-electron chi connectivity index (χ2n) is 4.34. The number of nitrogen functional groups attached to an aromatic ring is 1. The molecule has 0 bridgehead atoms. The molecular formula is C10H14N4. The number of nitrogens with two attached hydrogens (primary N) is 1.